The van der Waals surface area contributed by atoms with Crippen molar-refractivity contribution in [1.29, 1.82) is 0 Å². The Morgan fingerprint density at radius 1 is 0.476 bits per heavy atom. The minimum Gasteiger partial charge on any atom is -0.383 e. The molecule has 0 aromatic carbocycles. The summed E-state index contributed by atoms with van der Waals surface area (Å²) in [7, 11) is 0. The Kier molecular flexibility index (Phi) is 17.3. The second-order valence-corrected chi connectivity index (χ2v) is 15.1. The molecule has 24 nitrogen and oxygen atoms in total. The van der Waals surface area contributed by atoms with Crippen LogP contribution in [0.15, 0.2) is 51.2 Å². The highest BCUT2D eigenvalue weighted by Crippen LogP contribution is 2.24. The highest BCUT2D eigenvalue weighted by Gasteiger charge is 2.32. The molecule has 24 heteroatoms. The van der Waals surface area contributed by atoms with Crippen LogP contribution in [0.5, 0.6) is 0 Å². The number of anilines is 3. The first-order valence-corrected chi connectivity index (χ1v) is 21.2. The van der Waals surface area contributed by atoms with Gasteiger partial charge < -0.3 is 74.0 Å². The van der Waals surface area contributed by atoms with Crippen LogP contribution in [0.25, 0.3) is 0 Å². The number of nitrogens with zero attached hydrogens (tertiary/aromatic N) is 6. The van der Waals surface area contributed by atoms with Crippen molar-refractivity contribution in [3.63, 3.8) is 0 Å². The normalized spacial score (nSPS) is 29.6. The third-order valence-electron chi connectivity index (χ3n) is 10.4. The van der Waals surface area contributed by atoms with E-state index in [-0.39, 0.29) is 76.0 Å². The molecule has 6 aliphatic heterocycles. The van der Waals surface area contributed by atoms with Gasteiger partial charge in [-0.1, -0.05) is 0 Å². The molecule has 3 aromatic heterocycles. The van der Waals surface area contributed by atoms with E-state index in [1.165, 1.54) is 13.7 Å². The Bertz CT molecular complexity index is 1810. The van der Waals surface area contributed by atoms with E-state index in [1.54, 1.807) is 36.8 Å². The van der Waals surface area contributed by atoms with E-state index in [1.807, 2.05) is 0 Å². The molecule has 6 saturated heterocycles. The molecule has 0 radical (unpaired) electrons. The molecule has 348 valence electrons. The molecule has 0 saturated carbocycles. The lowest BCUT2D eigenvalue weighted by Crippen LogP contribution is -2.30. The summed E-state index contributed by atoms with van der Waals surface area (Å²) in [6.07, 6.45) is 10.2. The van der Waals surface area contributed by atoms with Crippen molar-refractivity contribution >= 4 is 17.5 Å². The van der Waals surface area contributed by atoms with Crippen LogP contribution in [-0.2, 0) is 56.8 Å². The highest BCUT2D eigenvalue weighted by molar-refractivity contribution is 5.24. The summed E-state index contributed by atoms with van der Waals surface area (Å²) in [6, 6.07) is 4.64. The SMILES string of the molecule is Nc1ccn(C2COC(COC3CCCCO3)O2)c(=O)n1.Nc1ccn([C@@H]2CO[C@H](COC3CCCCO3)O2)c(=O)n1.Nc1ccn([C@H]2CO[C@@H](COC3CCCCO3)O2)c(=O)n1. The van der Waals surface area contributed by atoms with E-state index in [4.69, 9.17) is 74.0 Å². The van der Waals surface area contributed by atoms with E-state index in [0.29, 0.717) is 0 Å². The molecular formula is C39H57N9O15. The largest absolute Gasteiger partial charge is 0.383 e. The monoisotopic (exact) mass is 891 g/mol. The first-order chi connectivity index (χ1) is 30.7. The van der Waals surface area contributed by atoms with Crippen LogP contribution in [0.4, 0.5) is 17.5 Å². The first-order valence-electron chi connectivity index (χ1n) is 21.2. The van der Waals surface area contributed by atoms with Gasteiger partial charge in [-0.2, -0.15) is 15.0 Å². The third-order valence-corrected chi connectivity index (χ3v) is 10.4. The molecule has 0 amide bonds. The van der Waals surface area contributed by atoms with Gasteiger partial charge in [0.2, 0.25) is 0 Å². The lowest BCUT2D eigenvalue weighted by molar-refractivity contribution is -0.204. The zero-order chi connectivity index (χ0) is 44.0. The Morgan fingerprint density at radius 3 is 1.03 bits per heavy atom. The van der Waals surface area contributed by atoms with Crippen LogP contribution in [0.3, 0.4) is 0 Å². The minimum absolute atomic E-state index is 0.185. The van der Waals surface area contributed by atoms with Crippen molar-refractivity contribution in [3.05, 3.63) is 68.2 Å². The lowest BCUT2D eigenvalue weighted by atomic mass is 10.2. The maximum absolute atomic E-state index is 11.7. The molecule has 6 N–H and O–H groups in total. The van der Waals surface area contributed by atoms with Gasteiger partial charge in [0.15, 0.2) is 56.4 Å². The highest BCUT2D eigenvalue weighted by atomic mass is 16.8. The molecule has 63 heavy (non-hydrogen) atoms. The van der Waals surface area contributed by atoms with Crippen LogP contribution in [-0.4, -0.2) is 126 Å². The van der Waals surface area contributed by atoms with Gasteiger partial charge in [0.25, 0.3) is 0 Å². The van der Waals surface area contributed by atoms with Crippen LogP contribution in [0, 0.1) is 0 Å². The van der Waals surface area contributed by atoms with Crippen LogP contribution < -0.4 is 34.3 Å². The Balaban J connectivity index is 0.000000142. The van der Waals surface area contributed by atoms with Crippen molar-refractivity contribution in [2.45, 2.75) is 114 Å². The Hall–Kier alpha value is -4.44. The Labute approximate surface area is 361 Å². The molecule has 9 rings (SSSR count). The van der Waals surface area contributed by atoms with Gasteiger partial charge in [0, 0.05) is 38.4 Å². The summed E-state index contributed by atoms with van der Waals surface area (Å²) in [6.45, 7) is 3.82. The van der Waals surface area contributed by atoms with Crippen molar-refractivity contribution in [3.8, 4) is 0 Å². The third kappa shape index (κ3) is 14.0. The number of hydrogen-bond donors (Lipinski definition) is 3. The summed E-state index contributed by atoms with van der Waals surface area (Å²) in [5.41, 5.74) is 15.0. The van der Waals surface area contributed by atoms with Gasteiger partial charge in [-0.15, -0.1) is 0 Å². The molecule has 6 fully saturated rings. The Morgan fingerprint density at radius 2 is 0.778 bits per heavy atom. The topological polar surface area (TPSA) is 293 Å². The minimum atomic E-state index is -0.509. The van der Waals surface area contributed by atoms with E-state index < -0.39 is 54.6 Å². The molecule has 6 aliphatic rings. The lowest BCUT2D eigenvalue weighted by Gasteiger charge is -2.23. The second kappa shape index (κ2) is 23.5. The average Bonchev–Trinajstić information content (AvgIpc) is 4.08. The predicted molar refractivity (Wildman–Crippen MR) is 217 cm³/mol. The van der Waals surface area contributed by atoms with Crippen molar-refractivity contribution in [2.24, 2.45) is 0 Å². The van der Waals surface area contributed by atoms with E-state index in [0.717, 1.165) is 77.6 Å². The van der Waals surface area contributed by atoms with Crippen molar-refractivity contribution in [1.82, 2.24) is 28.7 Å². The predicted octanol–water partition coefficient (Wildman–Crippen LogP) is 0.721. The van der Waals surface area contributed by atoms with Crippen LogP contribution in [0.1, 0.15) is 76.5 Å². The zero-order valence-electron chi connectivity index (χ0n) is 34.9. The number of nitrogen functional groups attached to an aromatic ring is 3. The van der Waals surface area contributed by atoms with E-state index >= 15 is 0 Å². The molecule has 9 heterocycles. The molecule has 3 aromatic rings. The summed E-state index contributed by atoms with van der Waals surface area (Å²) in [5, 5.41) is 0. The van der Waals surface area contributed by atoms with Gasteiger partial charge in [-0.3, -0.25) is 13.7 Å². The molecule has 9 atom stereocenters. The molecule has 0 bridgehead atoms. The number of ether oxygens (including phenoxy) is 12. The van der Waals surface area contributed by atoms with Crippen LogP contribution in [0.2, 0.25) is 0 Å². The number of nitrogens with two attached hydrogens (primary N) is 3. The summed E-state index contributed by atoms with van der Waals surface area (Å²) >= 11 is 0. The second-order valence-electron chi connectivity index (χ2n) is 15.1. The first kappa shape index (κ1) is 46.5. The standard InChI is InChI=1S/3C13H19N3O5/c3*14-9-4-5-16(13(17)15-9)10-7-19-12(21-10)8-20-11-3-1-2-6-18-11/h3*4-5,10-12H,1-3,6-8H2,(H2,14,15,17)/t2*10-,11?,12-;/m10./s1. The van der Waals surface area contributed by atoms with E-state index in [9.17, 15) is 14.4 Å². The molecule has 0 spiro atoms. The van der Waals surface area contributed by atoms with Crippen LogP contribution >= 0.6 is 0 Å². The number of rotatable bonds is 12. The van der Waals surface area contributed by atoms with Crippen molar-refractivity contribution in [2.75, 3.05) is 76.7 Å². The zero-order valence-corrected chi connectivity index (χ0v) is 34.9. The summed E-state index contributed by atoms with van der Waals surface area (Å²) in [4.78, 5) is 46.2. The van der Waals surface area contributed by atoms with Crippen molar-refractivity contribution < 1.29 is 56.8 Å². The van der Waals surface area contributed by atoms with Gasteiger partial charge in [-0.05, 0) is 76.0 Å². The fourth-order valence-corrected chi connectivity index (χ4v) is 7.05. The van der Waals surface area contributed by atoms with Gasteiger partial charge in [0.1, 0.15) is 37.3 Å². The maximum Gasteiger partial charge on any atom is 0.351 e. The fraction of sp³-hybridized carbons (Fsp3) is 0.692. The van der Waals surface area contributed by atoms with E-state index in [2.05, 4.69) is 15.0 Å². The maximum atomic E-state index is 11.7. The fourth-order valence-electron chi connectivity index (χ4n) is 7.05. The number of hydrogen-bond acceptors (Lipinski definition) is 21. The van der Waals surface area contributed by atoms with Gasteiger partial charge in [-0.25, -0.2) is 14.4 Å². The molecule has 5 unspecified atom stereocenters. The molecular weight excluding hydrogens is 834 g/mol. The molecule has 0 aliphatic carbocycles. The number of aromatic nitrogens is 6. The smallest absolute Gasteiger partial charge is 0.351 e. The van der Waals surface area contributed by atoms with Gasteiger partial charge >= 0.3 is 17.1 Å². The van der Waals surface area contributed by atoms with Gasteiger partial charge in [0.05, 0.1) is 19.8 Å². The summed E-state index contributed by atoms with van der Waals surface area (Å²) in [5.74, 6) is 0.554. The quantitative estimate of drug-likeness (QED) is 0.226. The summed E-state index contributed by atoms with van der Waals surface area (Å²) < 4.78 is 70.6. The average molecular weight is 892 g/mol.